The molecule has 5 heteroatoms. The molecule has 0 fully saturated rings. The minimum Gasteiger partial charge on any atom is -0.351 e. The highest BCUT2D eigenvalue weighted by Gasteiger charge is 2.17. The summed E-state index contributed by atoms with van der Waals surface area (Å²) in [6.45, 7) is 8.22. The highest BCUT2D eigenvalue weighted by molar-refractivity contribution is 7.99. The molecule has 4 nitrogen and oxygen atoms in total. The van der Waals surface area contributed by atoms with Crippen molar-refractivity contribution in [2.24, 2.45) is 0 Å². The zero-order valence-electron chi connectivity index (χ0n) is 13.1. The van der Waals surface area contributed by atoms with Gasteiger partial charge in [0.15, 0.2) is 0 Å². The third-order valence-electron chi connectivity index (χ3n) is 3.49. The highest BCUT2D eigenvalue weighted by Crippen LogP contribution is 2.14. The standard InChI is InChI=1S/C16H23N3OS/c1-5-16(3,4)18-15(20)11-21-10-13-9-19-8-12(2)6-7-14(19)17-13/h6-9H,5,10-11H2,1-4H3,(H,18,20). The van der Waals surface area contributed by atoms with Crippen molar-refractivity contribution in [3.05, 3.63) is 35.8 Å². The van der Waals surface area contributed by atoms with Crippen LogP contribution in [-0.2, 0) is 10.5 Å². The zero-order valence-corrected chi connectivity index (χ0v) is 14.0. The summed E-state index contributed by atoms with van der Waals surface area (Å²) < 4.78 is 2.03. The lowest BCUT2D eigenvalue weighted by molar-refractivity contribution is -0.120. The maximum atomic E-state index is 11.9. The quantitative estimate of drug-likeness (QED) is 0.891. The Morgan fingerprint density at radius 2 is 2.14 bits per heavy atom. The molecule has 0 radical (unpaired) electrons. The molecule has 0 aliphatic rings. The van der Waals surface area contributed by atoms with Gasteiger partial charge < -0.3 is 9.72 Å². The predicted molar refractivity (Wildman–Crippen MR) is 88.6 cm³/mol. The van der Waals surface area contributed by atoms with Crippen LogP contribution in [0, 0.1) is 6.92 Å². The van der Waals surface area contributed by atoms with Crippen LogP contribution in [0.25, 0.3) is 5.65 Å². The van der Waals surface area contributed by atoms with Gasteiger partial charge in [0.1, 0.15) is 5.65 Å². The van der Waals surface area contributed by atoms with Crippen molar-refractivity contribution in [1.29, 1.82) is 0 Å². The number of thioether (sulfide) groups is 1. The molecule has 0 aliphatic carbocycles. The normalized spacial score (nSPS) is 11.8. The van der Waals surface area contributed by atoms with E-state index in [0.29, 0.717) is 5.75 Å². The highest BCUT2D eigenvalue weighted by atomic mass is 32.2. The van der Waals surface area contributed by atoms with E-state index in [1.165, 1.54) is 5.56 Å². The summed E-state index contributed by atoms with van der Waals surface area (Å²) in [6.07, 6.45) is 5.02. The number of carbonyl (C=O) groups excluding carboxylic acids is 1. The van der Waals surface area contributed by atoms with Gasteiger partial charge in [-0.15, -0.1) is 11.8 Å². The van der Waals surface area contributed by atoms with Gasteiger partial charge in [-0.05, 0) is 38.8 Å². The number of rotatable bonds is 6. The molecule has 0 atom stereocenters. The first-order valence-electron chi connectivity index (χ1n) is 7.22. The fourth-order valence-electron chi connectivity index (χ4n) is 1.98. The summed E-state index contributed by atoms with van der Waals surface area (Å²) in [6, 6.07) is 4.07. The Labute approximate surface area is 130 Å². The Bertz CT molecular complexity index is 633. The number of fused-ring (bicyclic) bond motifs is 1. The lowest BCUT2D eigenvalue weighted by atomic mass is 10.0. The molecule has 0 saturated heterocycles. The molecule has 2 heterocycles. The molecule has 2 aromatic heterocycles. The first kappa shape index (κ1) is 15.9. The van der Waals surface area contributed by atoms with Crippen LogP contribution in [0.3, 0.4) is 0 Å². The smallest absolute Gasteiger partial charge is 0.230 e. The van der Waals surface area contributed by atoms with Gasteiger partial charge in [-0.3, -0.25) is 4.79 Å². The molecule has 1 N–H and O–H groups in total. The van der Waals surface area contributed by atoms with Crippen molar-refractivity contribution in [3.63, 3.8) is 0 Å². The number of amides is 1. The summed E-state index contributed by atoms with van der Waals surface area (Å²) in [5, 5.41) is 3.04. The summed E-state index contributed by atoms with van der Waals surface area (Å²) in [7, 11) is 0. The summed E-state index contributed by atoms with van der Waals surface area (Å²) in [4.78, 5) is 16.4. The van der Waals surface area contributed by atoms with Crippen LogP contribution in [0.2, 0.25) is 0 Å². The fraction of sp³-hybridized carbons (Fsp3) is 0.500. The Morgan fingerprint density at radius 3 is 2.86 bits per heavy atom. The van der Waals surface area contributed by atoms with Crippen LogP contribution in [0.1, 0.15) is 38.4 Å². The fourth-order valence-corrected chi connectivity index (χ4v) is 2.68. The number of carbonyl (C=O) groups is 1. The van der Waals surface area contributed by atoms with Gasteiger partial charge in [0.2, 0.25) is 5.91 Å². The van der Waals surface area contributed by atoms with Gasteiger partial charge >= 0.3 is 0 Å². The Kier molecular flexibility index (Phi) is 4.93. The number of hydrogen-bond donors (Lipinski definition) is 1. The van der Waals surface area contributed by atoms with E-state index in [0.717, 1.165) is 23.5 Å². The van der Waals surface area contributed by atoms with Gasteiger partial charge in [-0.2, -0.15) is 0 Å². The van der Waals surface area contributed by atoms with Crippen molar-refractivity contribution in [3.8, 4) is 0 Å². The van der Waals surface area contributed by atoms with Crippen molar-refractivity contribution in [2.45, 2.75) is 45.4 Å². The van der Waals surface area contributed by atoms with Gasteiger partial charge in [0, 0.05) is 23.7 Å². The van der Waals surface area contributed by atoms with Crippen LogP contribution >= 0.6 is 11.8 Å². The van der Waals surface area contributed by atoms with E-state index in [9.17, 15) is 4.79 Å². The minimum atomic E-state index is -0.127. The molecule has 1 amide bonds. The topological polar surface area (TPSA) is 46.4 Å². The lowest BCUT2D eigenvalue weighted by Crippen LogP contribution is -2.43. The molecule has 0 spiro atoms. The molecular formula is C16H23N3OS. The number of imidazole rings is 1. The monoisotopic (exact) mass is 305 g/mol. The number of nitrogens with one attached hydrogen (secondary N) is 1. The Hall–Kier alpha value is -1.49. The van der Waals surface area contributed by atoms with Crippen LogP contribution in [-0.4, -0.2) is 26.6 Å². The maximum Gasteiger partial charge on any atom is 0.230 e. The molecule has 0 aliphatic heterocycles. The summed E-state index contributed by atoms with van der Waals surface area (Å²) in [5.41, 5.74) is 3.04. The third-order valence-corrected chi connectivity index (χ3v) is 4.46. The molecule has 114 valence electrons. The largest absolute Gasteiger partial charge is 0.351 e. The van der Waals surface area contributed by atoms with E-state index in [-0.39, 0.29) is 11.4 Å². The van der Waals surface area contributed by atoms with E-state index < -0.39 is 0 Å². The van der Waals surface area contributed by atoms with Crippen LogP contribution in [0.5, 0.6) is 0 Å². The van der Waals surface area contributed by atoms with Gasteiger partial charge in [-0.25, -0.2) is 4.98 Å². The lowest BCUT2D eigenvalue weighted by Gasteiger charge is -2.24. The molecule has 2 rings (SSSR count). The molecule has 2 aromatic rings. The summed E-state index contributed by atoms with van der Waals surface area (Å²) >= 11 is 1.60. The second-order valence-electron chi connectivity index (χ2n) is 5.98. The second kappa shape index (κ2) is 6.52. The average molecular weight is 305 g/mol. The van der Waals surface area contributed by atoms with Crippen molar-refractivity contribution in [2.75, 3.05) is 5.75 Å². The minimum absolute atomic E-state index is 0.0893. The second-order valence-corrected chi connectivity index (χ2v) is 6.97. The summed E-state index contributed by atoms with van der Waals surface area (Å²) in [5.74, 6) is 1.31. The first-order valence-corrected chi connectivity index (χ1v) is 8.38. The molecule has 0 saturated carbocycles. The van der Waals surface area contributed by atoms with Crippen molar-refractivity contribution >= 4 is 23.3 Å². The average Bonchev–Trinajstić information content (AvgIpc) is 2.80. The Morgan fingerprint density at radius 1 is 1.38 bits per heavy atom. The first-order chi connectivity index (χ1) is 9.89. The molecular weight excluding hydrogens is 282 g/mol. The van der Waals surface area contributed by atoms with E-state index in [1.807, 2.05) is 30.5 Å². The number of aryl methyl sites for hydroxylation is 1. The van der Waals surface area contributed by atoms with E-state index >= 15 is 0 Å². The van der Waals surface area contributed by atoms with Gasteiger partial charge in [0.05, 0.1) is 11.4 Å². The Balaban J connectivity index is 1.86. The predicted octanol–water partition coefficient (Wildman–Crippen LogP) is 3.18. The number of aromatic nitrogens is 2. The molecule has 0 unspecified atom stereocenters. The van der Waals surface area contributed by atoms with Gasteiger partial charge in [0.25, 0.3) is 0 Å². The van der Waals surface area contributed by atoms with Crippen LogP contribution < -0.4 is 5.32 Å². The molecule has 0 bridgehead atoms. The van der Waals surface area contributed by atoms with Crippen LogP contribution in [0.15, 0.2) is 24.5 Å². The van der Waals surface area contributed by atoms with E-state index in [2.05, 4.69) is 36.4 Å². The van der Waals surface area contributed by atoms with E-state index in [4.69, 9.17) is 0 Å². The van der Waals surface area contributed by atoms with Gasteiger partial charge in [-0.1, -0.05) is 13.0 Å². The molecule has 0 aromatic carbocycles. The maximum absolute atomic E-state index is 11.9. The number of hydrogen-bond acceptors (Lipinski definition) is 3. The molecule has 21 heavy (non-hydrogen) atoms. The van der Waals surface area contributed by atoms with Crippen molar-refractivity contribution in [1.82, 2.24) is 14.7 Å². The van der Waals surface area contributed by atoms with Crippen molar-refractivity contribution < 1.29 is 4.79 Å². The zero-order chi connectivity index (χ0) is 15.5. The third kappa shape index (κ3) is 4.49. The number of pyridine rings is 1. The van der Waals surface area contributed by atoms with E-state index in [1.54, 1.807) is 11.8 Å². The van der Waals surface area contributed by atoms with Crippen LogP contribution in [0.4, 0.5) is 0 Å². The SMILES string of the molecule is CCC(C)(C)NC(=O)CSCc1cn2cc(C)ccc2n1. The number of nitrogens with zero attached hydrogens (tertiary/aromatic N) is 2.